The molecule has 0 aliphatic carbocycles. The van der Waals surface area contributed by atoms with E-state index in [-0.39, 0.29) is 5.82 Å². The van der Waals surface area contributed by atoms with Crippen LogP contribution in [0.1, 0.15) is 24.2 Å². The average Bonchev–Trinajstić information content (AvgIpc) is 2.37. The van der Waals surface area contributed by atoms with Crippen molar-refractivity contribution in [1.29, 1.82) is 0 Å². The number of anilines is 1. The molecule has 1 aromatic rings. The van der Waals surface area contributed by atoms with Gasteiger partial charge in [0, 0.05) is 36.9 Å². The van der Waals surface area contributed by atoms with Crippen LogP contribution in [0.3, 0.4) is 0 Å². The summed E-state index contributed by atoms with van der Waals surface area (Å²) in [6.07, 6.45) is 0.693. The normalized spacial score (nSPS) is 21.1. The summed E-state index contributed by atoms with van der Waals surface area (Å²) in [4.78, 5) is 15.3. The fraction of sp³-hybridized carbons (Fsp3) is 0.500. The molecule has 0 saturated carbocycles. The van der Waals surface area contributed by atoms with E-state index in [1.165, 1.54) is 12.1 Å². The summed E-state index contributed by atoms with van der Waals surface area (Å²) in [6, 6.07) is 4.97. The van der Waals surface area contributed by atoms with Gasteiger partial charge in [0.05, 0.1) is 0 Å². The number of piperazine rings is 1. The lowest BCUT2D eigenvalue weighted by molar-refractivity contribution is 0.112. The Morgan fingerprint density at radius 1 is 1.39 bits per heavy atom. The topological polar surface area (TPSA) is 23.6 Å². The van der Waals surface area contributed by atoms with Gasteiger partial charge in [0.1, 0.15) is 12.1 Å². The Hall–Kier alpha value is -1.42. The quantitative estimate of drug-likeness (QED) is 0.768. The Morgan fingerprint density at radius 3 is 2.78 bits per heavy atom. The van der Waals surface area contributed by atoms with E-state index in [4.69, 9.17) is 0 Å². The molecule has 98 valence electrons. The second kappa shape index (κ2) is 5.48. The zero-order valence-electron chi connectivity index (χ0n) is 10.9. The van der Waals surface area contributed by atoms with Crippen LogP contribution in [0.15, 0.2) is 18.2 Å². The smallest absolute Gasteiger partial charge is 0.150 e. The van der Waals surface area contributed by atoms with Gasteiger partial charge in [0.15, 0.2) is 0 Å². The number of aldehydes is 1. The highest BCUT2D eigenvalue weighted by Crippen LogP contribution is 2.21. The van der Waals surface area contributed by atoms with Gasteiger partial charge in [-0.2, -0.15) is 0 Å². The first-order valence-electron chi connectivity index (χ1n) is 6.38. The standard InChI is InChI=1S/C14H19FN2O/c1-3-16-4-5-17(9-11(16)2)14-7-12(10-18)6-13(15)8-14/h6-8,10-11H,3-5,9H2,1-2H3. The van der Waals surface area contributed by atoms with E-state index in [0.29, 0.717) is 17.9 Å². The predicted molar refractivity (Wildman–Crippen MR) is 70.7 cm³/mol. The van der Waals surface area contributed by atoms with Gasteiger partial charge >= 0.3 is 0 Å². The number of nitrogens with zero attached hydrogens (tertiary/aromatic N) is 2. The lowest BCUT2D eigenvalue weighted by Crippen LogP contribution is -2.51. The van der Waals surface area contributed by atoms with Crippen molar-refractivity contribution >= 4 is 12.0 Å². The molecule has 1 heterocycles. The molecule has 2 rings (SSSR count). The zero-order chi connectivity index (χ0) is 13.1. The van der Waals surface area contributed by atoms with Crippen molar-refractivity contribution in [3.8, 4) is 0 Å². The number of benzene rings is 1. The fourth-order valence-electron chi connectivity index (χ4n) is 2.55. The Labute approximate surface area is 107 Å². The first-order valence-corrected chi connectivity index (χ1v) is 6.38. The SMILES string of the molecule is CCN1CCN(c2cc(F)cc(C=O)c2)CC1C. The van der Waals surface area contributed by atoms with Gasteiger partial charge in [0.2, 0.25) is 0 Å². The van der Waals surface area contributed by atoms with Crippen molar-refractivity contribution in [3.63, 3.8) is 0 Å². The van der Waals surface area contributed by atoms with Crippen LogP contribution in [0.2, 0.25) is 0 Å². The van der Waals surface area contributed by atoms with Crippen LogP contribution < -0.4 is 4.90 Å². The average molecular weight is 250 g/mol. The molecular formula is C14H19FN2O. The van der Waals surface area contributed by atoms with Crippen molar-refractivity contribution in [3.05, 3.63) is 29.6 Å². The van der Waals surface area contributed by atoms with E-state index >= 15 is 0 Å². The molecule has 0 spiro atoms. The second-order valence-electron chi connectivity index (χ2n) is 4.78. The van der Waals surface area contributed by atoms with E-state index in [1.807, 2.05) is 0 Å². The summed E-state index contributed by atoms with van der Waals surface area (Å²) in [6.45, 7) is 8.09. The summed E-state index contributed by atoms with van der Waals surface area (Å²) < 4.78 is 13.4. The Bertz CT molecular complexity index is 436. The highest BCUT2D eigenvalue weighted by molar-refractivity contribution is 5.77. The third-order valence-electron chi connectivity index (χ3n) is 3.58. The maximum absolute atomic E-state index is 13.4. The van der Waals surface area contributed by atoms with Crippen molar-refractivity contribution in [1.82, 2.24) is 4.90 Å². The zero-order valence-corrected chi connectivity index (χ0v) is 10.9. The molecule has 0 aromatic heterocycles. The highest BCUT2D eigenvalue weighted by Gasteiger charge is 2.22. The molecule has 0 N–H and O–H groups in total. The molecule has 1 unspecified atom stereocenters. The minimum Gasteiger partial charge on any atom is -0.369 e. The molecule has 18 heavy (non-hydrogen) atoms. The third-order valence-corrected chi connectivity index (χ3v) is 3.58. The van der Waals surface area contributed by atoms with Gasteiger partial charge in [-0.05, 0) is 31.7 Å². The summed E-state index contributed by atoms with van der Waals surface area (Å²) >= 11 is 0. The van der Waals surface area contributed by atoms with Gasteiger partial charge in [0.25, 0.3) is 0 Å². The van der Waals surface area contributed by atoms with Crippen molar-refractivity contribution in [2.45, 2.75) is 19.9 Å². The Kier molecular flexibility index (Phi) is 3.97. The Balaban J connectivity index is 2.17. The first kappa shape index (κ1) is 13.0. The number of carbonyl (C=O) groups excluding carboxylic acids is 1. The van der Waals surface area contributed by atoms with E-state index in [2.05, 4.69) is 23.6 Å². The van der Waals surface area contributed by atoms with Gasteiger partial charge in [-0.3, -0.25) is 9.69 Å². The number of rotatable bonds is 3. The molecule has 4 heteroatoms. The number of hydrogen-bond acceptors (Lipinski definition) is 3. The molecule has 1 aliphatic rings. The van der Waals surface area contributed by atoms with Gasteiger partial charge < -0.3 is 4.90 Å². The molecule has 1 aliphatic heterocycles. The molecule has 1 aromatic carbocycles. The second-order valence-corrected chi connectivity index (χ2v) is 4.78. The predicted octanol–water partition coefficient (Wildman–Crippen LogP) is 2.17. The van der Waals surface area contributed by atoms with Gasteiger partial charge in [-0.15, -0.1) is 0 Å². The van der Waals surface area contributed by atoms with Crippen LogP contribution in [-0.4, -0.2) is 43.4 Å². The third kappa shape index (κ3) is 2.70. The maximum atomic E-state index is 13.4. The van der Waals surface area contributed by atoms with Gasteiger partial charge in [-0.1, -0.05) is 6.92 Å². The first-order chi connectivity index (χ1) is 8.63. The van der Waals surface area contributed by atoms with Crippen LogP contribution in [0.5, 0.6) is 0 Å². The van der Waals surface area contributed by atoms with Crippen molar-refractivity contribution in [2.75, 3.05) is 31.1 Å². The van der Waals surface area contributed by atoms with Crippen LogP contribution >= 0.6 is 0 Å². The monoisotopic (exact) mass is 250 g/mol. The number of hydrogen-bond donors (Lipinski definition) is 0. The van der Waals surface area contributed by atoms with E-state index in [1.54, 1.807) is 6.07 Å². The number of likely N-dealkylation sites (N-methyl/N-ethyl adjacent to an activating group) is 1. The van der Waals surface area contributed by atoms with Crippen LogP contribution in [0.4, 0.5) is 10.1 Å². The van der Waals surface area contributed by atoms with E-state index in [9.17, 15) is 9.18 Å². The summed E-state index contributed by atoms with van der Waals surface area (Å²) in [5.41, 5.74) is 1.20. The molecule has 0 amide bonds. The molecule has 1 fully saturated rings. The summed E-state index contributed by atoms with van der Waals surface area (Å²) in [5.74, 6) is -0.347. The fourth-order valence-corrected chi connectivity index (χ4v) is 2.55. The number of carbonyl (C=O) groups is 1. The molecule has 3 nitrogen and oxygen atoms in total. The van der Waals surface area contributed by atoms with Gasteiger partial charge in [-0.25, -0.2) is 4.39 Å². The van der Waals surface area contributed by atoms with Crippen molar-refractivity contribution in [2.24, 2.45) is 0 Å². The molecule has 0 bridgehead atoms. The minimum absolute atomic E-state index is 0.347. The maximum Gasteiger partial charge on any atom is 0.150 e. The van der Waals surface area contributed by atoms with E-state index < -0.39 is 0 Å². The van der Waals surface area contributed by atoms with Crippen LogP contribution in [0.25, 0.3) is 0 Å². The molecule has 1 saturated heterocycles. The largest absolute Gasteiger partial charge is 0.369 e. The van der Waals surface area contributed by atoms with E-state index in [0.717, 1.165) is 31.9 Å². The van der Waals surface area contributed by atoms with Crippen molar-refractivity contribution < 1.29 is 9.18 Å². The number of halogens is 1. The van der Waals surface area contributed by atoms with Crippen LogP contribution in [0, 0.1) is 5.82 Å². The lowest BCUT2D eigenvalue weighted by Gasteiger charge is -2.40. The molecule has 0 radical (unpaired) electrons. The minimum atomic E-state index is -0.347. The molecule has 1 atom stereocenters. The molecular weight excluding hydrogens is 231 g/mol. The Morgan fingerprint density at radius 2 is 2.17 bits per heavy atom. The lowest BCUT2D eigenvalue weighted by atomic mass is 10.1. The summed E-state index contributed by atoms with van der Waals surface area (Å²) in [5, 5.41) is 0. The van der Waals surface area contributed by atoms with Crippen LogP contribution in [-0.2, 0) is 0 Å². The summed E-state index contributed by atoms with van der Waals surface area (Å²) in [7, 11) is 0. The highest BCUT2D eigenvalue weighted by atomic mass is 19.1.